The minimum atomic E-state index is -0.236. The van der Waals surface area contributed by atoms with E-state index in [4.69, 9.17) is 5.73 Å². The largest absolute Gasteiger partial charge is 0.397 e. The van der Waals surface area contributed by atoms with Crippen molar-refractivity contribution in [2.75, 3.05) is 41.7 Å². The summed E-state index contributed by atoms with van der Waals surface area (Å²) in [4.78, 5) is 4.49. The van der Waals surface area contributed by atoms with E-state index in [-0.39, 0.29) is 5.82 Å². The molecule has 0 saturated carbocycles. The van der Waals surface area contributed by atoms with Crippen LogP contribution in [0.25, 0.3) is 0 Å². The summed E-state index contributed by atoms with van der Waals surface area (Å²) < 4.78 is 13.4. The zero-order chi connectivity index (χ0) is 13.9. The van der Waals surface area contributed by atoms with Crippen molar-refractivity contribution in [2.24, 2.45) is 0 Å². The molecule has 20 heavy (non-hydrogen) atoms. The van der Waals surface area contributed by atoms with Gasteiger partial charge in [0.1, 0.15) is 5.82 Å². The maximum absolute atomic E-state index is 13.4. The molecule has 1 fully saturated rings. The fraction of sp³-hybridized carbons (Fsp3) is 0.250. The van der Waals surface area contributed by atoms with Gasteiger partial charge in [0.2, 0.25) is 0 Å². The van der Waals surface area contributed by atoms with Gasteiger partial charge in [-0.3, -0.25) is 0 Å². The lowest BCUT2D eigenvalue weighted by Crippen LogP contribution is -2.46. The summed E-state index contributed by atoms with van der Waals surface area (Å²) in [5.41, 5.74) is 8.62. The number of halogens is 1. The molecular weight excluding hydrogens is 253 g/mol. The van der Waals surface area contributed by atoms with Crippen LogP contribution in [0.5, 0.6) is 0 Å². The first-order valence-electron chi connectivity index (χ1n) is 6.84. The number of nitrogens with two attached hydrogens (primary N) is 1. The van der Waals surface area contributed by atoms with Gasteiger partial charge in [0.25, 0.3) is 0 Å². The second kappa shape index (κ2) is 5.41. The molecule has 2 N–H and O–H groups in total. The van der Waals surface area contributed by atoms with Crippen molar-refractivity contribution >= 4 is 17.1 Å². The number of benzene rings is 2. The highest BCUT2D eigenvalue weighted by atomic mass is 19.1. The molecule has 1 heterocycles. The molecule has 3 rings (SSSR count). The molecule has 0 spiro atoms. The third-order valence-electron chi connectivity index (χ3n) is 3.73. The lowest BCUT2D eigenvalue weighted by atomic mass is 10.2. The fourth-order valence-corrected chi connectivity index (χ4v) is 2.64. The van der Waals surface area contributed by atoms with Crippen LogP contribution in [0.15, 0.2) is 48.5 Å². The lowest BCUT2D eigenvalue weighted by molar-refractivity contribution is 0.621. The second-order valence-electron chi connectivity index (χ2n) is 5.01. The number of nitrogen functional groups attached to an aromatic ring is 1. The van der Waals surface area contributed by atoms with Crippen molar-refractivity contribution in [3.63, 3.8) is 0 Å². The van der Waals surface area contributed by atoms with Gasteiger partial charge in [0.15, 0.2) is 0 Å². The van der Waals surface area contributed by atoms with E-state index in [1.54, 1.807) is 6.07 Å². The quantitative estimate of drug-likeness (QED) is 0.852. The third-order valence-corrected chi connectivity index (χ3v) is 3.73. The molecule has 0 bridgehead atoms. The topological polar surface area (TPSA) is 32.5 Å². The van der Waals surface area contributed by atoms with Gasteiger partial charge < -0.3 is 15.5 Å². The van der Waals surface area contributed by atoms with E-state index in [0.717, 1.165) is 31.9 Å². The van der Waals surface area contributed by atoms with Gasteiger partial charge in [-0.2, -0.15) is 0 Å². The zero-order valence-electron chi connectivity index (χ0n) is 11.3. The first kappa shape index (κ1) is 12.8. The molecule has 1 aliphatic rings. The molecule has 0 unspecified atom stereocenters. The van der Waals surface area contributed by atoms with Crippen molar-refractivity contribution in [3.05, 3.63) is 54.3 Å². The number of hydrogen-bond acceptors (Lipinski definition) is 3. The highest BCUT2D eigenvalue weighted by Crippen LogP contribution is 2.26. The number of piperazine rings is 1. The summed E-state index contributed by atoms with van der Waals surface area (Å²) in [6.07, 6.45) is 0. The van der Waals surface area contributed by atoms with E-state index >= 15 is 0 Å². The van der Waals surface area contributed by atoms with Crippen LogP contribution < -0.4 is 15.5 Å². The van der Waals surface area contributed by atoms with E-state index < -0.39 is 0 Å². The monoisotopic (exact) mass is 271 g/mol. The molecule has 0 atom stereocenters. The van der Waals surface area contributed by atoms with Gasteiger partial charge >= 0.3 is 0 Å². The molecule has 2 aromatic carbocycles. The third kappa shape index (κ3) is 2.54. The van der Waals surface area contributed by atoms with Gasteiger partial charge in [-0.15, -0.1) is 0 Å². The van der Waals surface area contributed by atoms with Gasteiger partial charge in [0, 0.05) is 31.9 Å². The number of hydrogen-bond donors (Lipinski definition) is 1. The van der Waals surface area contributed by atoms with E-state index in [9.17, 15) is 4.39 Å². The minimum absolute atomic E-state index is 0.236. The van der Waals surface area contributed by atoms with E-state index in [2.05, 4.69) is 21.9 Å². The summed E-state index contributed by atoms with van der Waals surface area (Å²) in [5, 5.41) is 0. The Hall–Kier alpha value is -2.23. The Kier molecular flexibility index (Phi) is 3.46. The van der Waals surface area contributed by atoms with Crippen molar-refractivity contribution in [2.45, 2.75) is 0 Å². The minimum Gasteiger partial charge on any atom is -0.397 e. The highest BCUT2D eigenvalue weighted by Gasteiger charge is 2.19. The van der Waals surface area contributed by atoms with E-state index in [1.807, 2.05) is 18.2 Å². The zero-order valence-corrected chi connectivity index (χ0v) is 11.3. The van der Waals surface area contributed by atoms with Crippen LogP contribution in [-0.2, 0) is 0 Å². The Morgan fingerprint density at radius 2 is 1.50 bits per heavy atom. The van der Waals surface area contributed by atoms with Crippen LogP contribution in [0.1, 0.15) is 0 Å². The lowest BCUT2D eigenvalue weighted by Gasteiger charge is -2.37. The van der Waals surface area contributed by atoms with Crippen molar-refractivity contribution in [1.82, 2.24) is 0 Å². The van der Waals surface area contributed by atoms with Crippen LogP contribution in [0.4, 0.5) is 21.5 Å². The molecule has 2 aromatic rings. The molecule has 1 saturated heterocycles. The van der Waals surface area contributed by atoms with Gasteiger partial charge in [0.05, 0.1) is 11.4 Å². The number of para-hydroxylation sites is 1. The van der Waals surface area contributed by atoms with Gasteiger partial charge in [-0.05, 0) is 30.3 Å². The Labute approximate surface area is 118 Å². The van der Waals surface area contributed by atoms with E-state index in [0.29, 0.717) is 5.69 Å². The van der Waals surface area contributed by atoms with Crippen LogP contribution in [-0.4, -0.2) is 26.2 Å². The van der Waals surface area contributed by atoms with Crippen LogP contribution in [0.3, 0.4) is 0 Å². The van der Waals surface area contributed by atoms with Crippen molar-refractivity contribution < 1.29 is 4.39 Å². The summed E-state index contributed by atoms with van der Waals surface area (Å²) in [5.74, 6) is -0.236. The summed E-state index contributed by atoms with van der Waals surface area (Å²) in [6, 6.07) is 14.9. The average Bonchev–Trinajstić information content (AvgIpc) is 2.51. The maximum Gasteiger partial charge on any atom is 0.125 e. The van der Waals surface area contributed by atoms with Crippen molar-refractivity contribution in [3.8, 4) is 0 Å². The SMILES string of the molecule is Nc1ccc(F)cc1N1CCN(c2ccccc2)CC1. The molecule has 1 aliphatic heterocycles. The molecule has 3 nitrogen and oxygen atoms in total. The van der Waals surface area contributed by atoms with Gasteiger partial charge in [-0.25, -0.2) is 4.39 Å². The predicted octanol–water partition coefficient (Wildman–Crippen LogP) is 2.73. The molecule has 0 aromatic heterocycles. The molecule has 4 heteroatoms. The van der Waals surface area contributed by atoms with Crippen LogP contribution in [0.2, 0.25) is 0 Å². The predicted molar refractivity (Wildman–Crippen MR) is 81.7 cm³/mol. The standard InChI is InChI=1S/C16H18FN3/c17-13-6-7-15(18)16(12-13)20-10-8-19(9-11-20)14-4-2-1-3-5-14/h1-7,12H,8-11,18H2. The molecule has 0 aliphatic carbocycles. The normalized spacial score (nSPS) is 15.4. The first-order chi connectivity index (χ1) is 9.74. The first-order valence-corrected chi connectivity index (χ1v) is 6.84. The average molecular weight is 271 g/mol. The van der Waals surface area contributed by atoms with Gasteiger partial charge in [-0.1, -0.05) is 18.2 Å². The smallest absolute Gasteiger partial charge is 0.125 e. The Balaban J connectivity index is 1.71. The Morgan fingerprint density at radius 3 is 2.20 bits per heavy atom. The number of nitrogens with zero attached hydrogens (tertiary/aromatic N) is 2. The second-order valence-corrected chi connectivity index (χ2v) is 5.01. The summed E-state index contributed by atoms with van der Waals surface area (Å²) >= 11 is 0. The Bertz CT molecular complexity index is 578. The fourth-order valence-electron chi connectivity index (χ4n) is 2.64. The van der Waals surface area contributed by atoms with E-state index in [1.165, 1.54) is 17.8 Å². The number of rotatable bonds is 2. The van der Waals surface area contributed by atoms with Crippen LogP contribution >= 0.6 is 0 Å². The molecule has 104 valence electrons. The highest BCUT2D eigenvalue weighted by molar-refractivity contribution is 5.68. The van der Waals surface area contributed by atoms with Crippen LogP contribution in [0, 0.1) is 5.82 Å². The molecule has 0 amide bonds. The molecular formula is C16H18FN3. The summed E-state index contributed by atoms with van der Waals surface area (Å²) in [7, 11) is 0. The van der Waals surface area contributed by atoms with Crippen molar-refractivity contribution in [1.29, 1.82) is 0 Å². The summed E-state index contributed by atoms with van der Waals surface area (Å²) in [6.45, 7) is 3.53. The number of anilines is 3. The Morgan fingerprint density at radius 1 is 0.850 bits per heavy atom. The molecule has 0 radical (unpaired) electrons. The maximum atomic E-state index is 13.4.